The third-order valence-corrected chi connectivity index (χ3v) is 4.75. The Morgan fingerprint density at radius 1 is 0.935 bits per heavy atom. The topological polar surface area (TPSA) is 69.3 Å². The molecule has 2 aromatic rings. The molecule has 0 radical (unpaired) electrons. The highest BCUT2D eigenvalue weighted by atomic mass is 16.5. The molecule has 0 heterocycles. The van der Waals surface area contributed by atoms with Gasteiger partial charge in [0.05, 0.1) is 33.0 Å². The number of benzene rings is 2. The van der Waals surface area contributed by atoms with Crippen molar-refractivity contribution in [3.63, 3.8) is 0 Å². The van der Waals surface area contributed by atoms with Crippen LogP contribution in [-0.2, 0) is 0 Å². The fraction of sp³-hybridized carbons (Fsp3) is 0.458. The highest BCUT2D eigenvalue weighted by Crippen LogP contribution is 2.39. The normalized spacial score (nSPS) is 11.7. The van der Waals surface area contributed by atoms with Crippen LogP contribution in [0.5, 0.6) is 23.0 Å². The van der Waals surface area contributed by atoms with Crippen molar-refractivity contribution in [1.29, 1.82) is 0 Å². The number of methoxy groups -OCH3 is 1. The van der Waals surface area contributed by atoms with Gasteiger partial charge in [-0.15, -0.1) is 0 Å². The van der Waals surface area contributed by atoms with Crippen molar-refractivity contribution in [3.05, 3.63) is 47.5 Å². The van der Waals surface area contributed by atoms with Gasteiger partial charge in [0.15, 0.2) is 11.5 Å². The lowest BCUT2D eigenvalue weighted by molar-refractivity contribution is 0.0940. The van der Waals surface area contributed by atoms with E-state index in [2.05, 4.69) is 10.2 Å². The van der Waals surface area contributed by atoms with E-state index in [4.69, 9.17) is 18.9 Å². The molecule has 1 atom stereocenters. The van der Waals surface area contributed by atoms with E-state index in [0.717, 1.165) is 11.3 Å². The zero-order valence-electron chi connectivity index (χ0n) is 19.4. The van der Waals surface area contributed by atoms with Gasteiger partial charge in [0.1, 0.15) is 5.75 Å². The third kappa shape index (κ3) is 6.52. The van der Waals surface area contributed by atoms with Crippen molar-refractivity contribution in [2.24, 2.45) is 0 Å². The van der Waals surface area contributed by atoms with Crippen LogP contribution in [0.3, 0.4) is 0 Å². The molecule has 0 bridgehead atoms. The highest BCUT2D eigenvalue weighted by Gasteiger charge is 2.20. The molecule has 2 aromatic carbocycles. The smallest absolute Gasteiger partial charge is 0.251 e. The minimum absolute atomic E-state index is 0.00952. The third-order valence-electron chi connectivity index (χ3n) is 4.75. The Bertz CT molecular complexity index is 809. The summed E-state index contributed by atoms with van der Waals surface area (Å²) in [5.74, 6) is 2.11. The van der Waals surface area contributed by atoms with Crippen molar-refractivity contribution < 1.29 is 23.7 Å². The van der Waals surface area contributed by atoms with Crippen LogP contribution < -0.4 is 24.3 Å². The van der Waals surface area contributed by atoms with Crippen molar-refractivity contribution in [1.82, 2.24) is 10.2 Å². The molecule has 7 nitrogen and oxygen atoms in total. The molecule has 0 saturated carbocycles. The van der Waals surface area contributed by atoms with Gasteiger partial charge in [0.2, 0.25) is 5.75 Å². The quantitative estimate of drug-likeness (QED) is 0.550. The first kappa shape index (κ1) is 24.3. The number of nitrogens with one attached hydrogen (secondary N) is 1. The predicted molar refractivity (Wildman–Crippen MR) is 122 cm³/mol. The molecule has 0 spiro atoms. The standard InChI is InChI=1S/C24H34N2O5/c1-7-29-21-14-18(15-22(30-8-2)23(21)31-9-3)24(27)25-16-20(26(4)5)17-10-12-19(28-6)13-11-17/h10-15,20H,7-9,16H2,1-6H3,(H,25,27). The summed E-state index contributed by atoms with van der Waals surface area (Å²) in [6, 6.07) is 11.3. The van der Waals surface area contributed by atoms with Gasteiger partial charge in [-0.05, 0) is 64.7 Å². The first-order valence-electron chi connectivity index (χ1n) is 10.6. The largest absolute Gasteiger partial charge is 0.497 e. The Kier molecular flexibility index (Phi) is 9.46. The Morgan fingerprint density at radius 2 is 1.48 bits per heavy atom. The van der Waals surface area contributed by atoms with E-state index in [9.17, 15) is 4.79 Å². The molecule has 170 valence electrons. The molecule has 7 heteroatoms. The van der Waals surface area contributed by atoms with E-state index < -0.39 is 0 Å². The zero-order valence-corrected chi connectivity index (χ0v) is 19.4. The monoisotopic (exact) mass is 430 g/mol. The predicted octanol–water partition coefficient (Wildman–Crippen LogP) is 3.92. The van der Waals surface area contributed by atoms with Gasteiger partial charge in [0, 0.05) is 12.1 Å². The van der Waals surface area contributed by atoms with Crippen molar-refractivity contribution in [3.8, 4) is 23.0 Å². The molecule has 2 rings (SSSR count). The Hall–Kier alpha value is -2.93. The molecule has 0 aliphatic carbocycles. The maximum atomic E-state index is 13.0. The zero-order chi connectivity index (χ0) is 22.8. The first-order valence-corrected chi connectivity index (χ1v) is 10.6. The average Bonchev–Trinajstić information content (AvgIpc) is 2.76. The Labute approximate surface area is 185 Å². The summed E-state index contributed by atoms with van der Waals surface area (Å²) in [5.41, 5.74) is 1.55. The fourth-order valence-corrected chi connectivity index (χ4v) is 3.24. The van der Waals surface area contributed by atoms with Gasteiger partial charge in [-0.1, -0.05) is 12.1 Å². The number of nitrogens with zero attached hydrogens (tertiary/aromatic N) is 1. The van der Waals surface area contributed by atoms with Crippen LogP contribution in [0.1, 0.15) is 42.7 Å². The minimum Gasteiger partial charge on any atom is -0.497 e. The molecular weight excluding hydrogens is 396 g/mol. The number of rotatable bonds is 12. The van der Waals surface area contributed by atoms with Gasteiger partial charge in [-0.25, -0.2) is 0 Å². The molecule has 0 aromatic heterocycles. The van der Waals surface area contributed by atoms with E-state index in [1.807, 2.05) is 59.1 Å². The maximum Gasteiger partial charge on any atom is 0.251 e. The first-order chi connectivity index (χ1) is 14.9. The summed E-state index contributed by atoms with van der Waals surface area (Å²) in [6.45, 7) is 7.50. The van der Waals surface area contributed by atoms with E-state index >= 15 is 0 Å². The molecule has 0 fully saturated rings. The number of amides is 1. The van der Waals surface area contributed by atoms with Crippen LogP contribution in [0.2, 0.25) is 0 Å². The van der Waals surface area contributed by atoms with Crippen LogP contribution in [0.25, 0.3) is 0 Å². The van der Waals surface area contributed by atoms with E-state index in [1.165, 1.54) is 0 Å². The number of hydrogen-bond acceptors (Lipinski definition) is 6. The second-order valence-corrected chi connectivity index (χ2v) is 7.06. The van der Waals surface area contributed by atoms with Gasteiger partial charge in [0.25, 0.3) is 5.91 Å². The molecular formula is C24H34N2O5. The minimum atomic E-state index is -0.203. The number of carbonyl (C=O) groups is 1. The highest BCUT2D eigenvalue weighted by molar-refractivity contribution is 5.95. The second kappa shape index (κ2) is 12.1. The molecule has 1 unspecified atom stereocenters. The summed E-state index contributed by atoms with van der Waals surface area (Å²) in [5, 5.41) is 3.03. The summed E-state index contributed by atoms with van der Waals surface area (Å²) in [6.07, 6.45) is 0. The lowest BCUT2D eigenvalue weighted by atomic mass is 10.1. The summed E-state index contributed by atoms with van der Waals surface area (Å²) in [4.78, 5) is 15.1. The van der Waals surface area contributed by atoms with Crippen LogP contribution in [0, 0.1) is 0 Å². The molecule has 1 N–H and O–H groups in total. The van der Waals surface area contributed by atoms with E-state index in [1.54, 1.807) is 19.2 Å². The average molecular weight is 431 g/mol. The second-order valence-electron chi connectivity index (χ2n) is 7.06. The van der Waals surface area contributed by atoms with Crippen molar-refractivity contribution >= 4 is 5.91 Å². The molecule has 1 amide bonds. The van der Waals surface area contributed by atoms with Crippen LogP contribution in [0.4, 0.5) is 0 Å². The molecule has 0 aliphatic rings. The Morgan fingerprint density at radius 3 is 1.94 bits per heavy atom. The van der Waals surface area contributed by atoms with E-state index in [-0.39, 0.29) is 11.9 Å². The molecule has 0 aliphatic heterocycles. The maximum absolute atomic E-state index is 13.0. The molecule has 31 heavy (non-hydrogen) atoms. The van der Waals surface area contributed by atoms with Crippen LogP contribution in [0.15, 0.2) is 36.4 Å². The van der Waals surface area contributed by atoms with Crippen LogP contribution in [-0.4, -0.2) is 58.4 Å². The van der Waals surface area contributed by atoms with Gasteiger partial charge in [-0.3, -0.25) is 4.79 Å². The number of carbonyl (C=O) groups excluding carboxylic acids is 1. The van der Waals surface area contributed by atoms with Gasteiger partial charge >= 0.3 is 0 Å². The van der Waals surface area contributed by atoms with Gasteiger partial charge < -0.3 is 29.2 Å². The van der Waals surface area contributed by atoms with Crippen LogP contribution >= 0.6 is 0 Å². The summed E-state index contributed by atoms with van der Waals surface area (Å²) >= 11 is 0. The van der Waals surface area contributed by atoms with E-state index in [0.29, 0.717) is 49.2 Å². The number of ether oxygens (including phenoxy) is 4. The summed E-state index contributed by atoms with van der Waals surface area (Å²) < 4.78 is 22.4. The fourth-order valence-electron chi connectivity index (χ4n) is 3.24. The number of hydrogen-bond donors (Lipinski definition) is 1. The lowest BCUT2D eigenvalue weighted by Crippen LogP contribution is -2.34. The molecule has 0 saturated heterocycles. The summed E-state index contributed by atoms with van der Waals surface area (Å²) in [7, 11) is 5.61. The van der Waals surface area contributed by atoms with Crippen molar-refractivity contribution in [2.75, 3.05) is 47.6 Å². The Balaban J connectivity index is 2.23. The lowest BCUT2D eigenvalue weighted by Gasteiger charge is -2.25. The van der Waals surface area contributed by atoms with Gasteiger partial charge in [-0.2, -0.15) is 0 Å². The number of likely N-dealkylation sites (N-methyl/N-ethyl adjacent to an activating group) is 1. The SMILES string of the molecule is CCOc1cc(C(=O)NCC(c2ccc(OC)cc2)N(C)C)cc(OCC)c1OCC. The van der Waals surface area contributed by atoms with Crippen molar-refractivity contribution in [2.45, 2.75) is 26.8 Å².